The van der Waals surface area contributed by atoms with Crippen LogP contribution in [0.1, 0.15) is 25.3 Å². The monoisotopic (exact) mass is 277 g/mol. The fourth-order valence-electron chi connectivity index (χ4n) is 2.74. The Morgan fingerprint density at radius 3 is 2.35 bits per heavy atom. The molecular weight excluding hydrogens is 254 g/mol. The Balaban J connectivity index is 2.11. The van der Waals surface area contributed by atoms with E-state index in [9.17, 15) is 10.1 Å². The highest BCUT2D eigenvalue weighted by Gasteiger charge is 2.32. The number of aryl methyl sites for hydroxylation is 1. The third kappa shape index (κ3) is 2.77. The summed E-state index contributed by atoms with van der Waals surface area (Å²) in [6, 6.07) is 5.41. The molecule has 0 spiro atoms. The first-order chi connectivity index (χ1) is 9.33. The van der Waals surface area contributed by atoms with Gasteiger partial charge in [0.05, 0.1) is 4.92 Å². The highest BCUT2D eigenvalue weighted by Crippen LogP contribution is 2.31. The Morgan fingerprint density at radius 1 is 1.30 bits per heavy atom. The lowest BCUT2D eigenvalue weighted by Crippen LogP contribution is -2.50. The number of benzene rings is 1. The van der Waals surface area contributed by atoms with E-state index in [1.54, 1.807) is 13.0 Å². The smallest absolute Gasteiger partial charge is 0.272 e. The van der Waals surface area contributed by atoms with Crippen LogP contribution in [0.15, 0.2) is 18.2 Å². The quantitative estimate of drug-likeness (QED) is 0.629. The van der Waals surface area contributed by atoms with E-state index in [2.05, 4.69) is 30.8 Å². The van der Waals surface area contributed by atoms with Crippen LogP contribution in [0.3, 0.4) is 0 Å². The van der Waals surface area contributed by atoms with Gasteiger partial charge in [-0.2, -0.15) is 0 Å². The summed E-state index contributed by atoms with van der Waals surface area (Å²) in [7, 11) is 4.26. The zero-order valence-electron chi connectivity index (χ0n) is 12.7. The summed E-state index contributed by atoms with van der Waals surface area (Å²) >= 11 is 0. The Bertz CT molecular complexity index is 506. The minimum Gasteiger partial charge on any atom is -0.371 e. The third-order valence-electron chi connectivity index (χ3n) is 4.66. The van der Waals surface area contributed by atoms with Gasteiger partial charge in [0.2, 0.25) is 0 Å². The molecule has 0 radical (unpaired) electrons. The van der Waals surface area contributed by atoms with Crippen molar-refractivity contribution in [1.29, 1.82) is 0 Å². The summed E-state index contributed by atoms with van der Waals surface area (Å²) in [5, 5.41) is 10.9. The molecule has 0 N–H and O–H groups in total. The molecule has 1 saturated heterocycles. The molecular formula is C15H23N3O2. The first-order valence-corrected chi connectivity index (χ1v) is 7.01. The first-order valence-electron chi connectivity index (χ1n) is 7.01. The molecule has 1 aliphatic rings. The van der Waals surface area contributed by atoms with E-state index < -0.39 is 0 Å². The fourth-order valence-corrected chi connectivity index (χ4v) is 2.74. The zero-order valence-corrected chi connectivity index (χ0v) is 12.7. The number of hydrogen-bond acceptors (Lipinski definition) is 4. The van der Waals surface area contributed by atoms with E-state index in [1.807, 2.05) is 12.1 Å². The summed E-state index contributed by atoms with van der Waals surface area (Å²) in [6.07, 6.45) is 2.21. The second kappa shape index (κ2) is 5.40. The van der Waals surface area contributed by atoms with Crippen molar-refractivity contribution < 1.29 is 4.92 Å². The summed E-state index contributed by atoms with van der Waals surface area (Å²) in [6.45, 7) is 6.08. The standard InChI is InChI=1S/C15H23N3O2/c1-12-11-13(5-6-14(12)18(19)20)17-9-7-15(2,8-10-17)16(3)4/h5-6,11H,7-10H2,1-4H3. The lowest BCUT2D eigenvalue weighted by molar-refractivity contribution is -0.385. The SMILES string of the molecule is Cc1cc(N2CCC(C)(N(C)C)CC2)ccc1[N+](=O)[O-]. The van der Waals surface area contributed by atoms with Gasteiger partial charge in [0.1, 0.15) is 0 Å². The topological polar surface area (TPSA) is 49.6 Å². The molecule has 1 fully saturated rings. The molecule has 20 heavy (non-hydrogen) atoms. The second-order valence-electron chi connectivity index (χ2n) is 6.11. The van der Waals surface area contributed by atoms with Crippen LogP contribution in [0.5, 0.6) is 0 Å². The van der Waals surface area contributed by atoms with Gasteiger partial charge in [0.25, 0.3) is 5.69 Å². The van der Waals surface area contributed by atoms with Crippen LogP contribution in [-0.2, 0) is 0 Å². The van der Waals surface area contributed by atoms with Crippen molar-refractivity contribution in [3.8, 4) is 0 Å². The number of piperidine rings is 1. The van der Waals surface area contributed by atoms with Gasteiger partial charge in [-0.25, -0.2) is 0 Å². The number of nitrogens with zero attached hydrogens (tertiary/aromatic N) is 3. The maximum absolute atomic E-state index is 10.9. The summed E-state index contributed by atoms with van der Waals surface area (Å²) in [4.78, 5) is 15.2. The van der Waals surface area contributed by atoms with Crippen LogP contribution < -0.4 is 4.90 Å². The van der Waals surface area contributed by atoms with Crippen LogP contribution in [0.25, 0.3) is 0 Å². The lowest BCUT2D eigenvalue weighted by atomic mass is 9.88. The van der Waals surface area contributed by atoms with Crippen molar-refractivity contribution in [3.05, 3.63) is 33.9 Å². The predicted octanol–water partition coefficient (Wildman–Crippen LogP) is 2.82. The van der Waals surface area contributed by atoms with Crippen molar-refractivity contribution in [2.45, 2.75) is 32.2 Å². The zero-order chi connectivity index (χ0) is 14.9. The second-order valence-corrected chi connectivity index (χ2v) is 6.11. The van der Waals surface area contributed by atoms with E-state index >= 15 is 0 Å². The minimum atomic E-state index is -0.321. The van der Waals surface area contributed by atoms with Crippen molar-refractivity contribution in [2.24, 2.45) is 0 Å². The van der Waals surface area contributed by atoms with Crippen molar-refractivity contribution in [3.63, 3.8) is 0 Å². The highest BCUT2D eigenvalue weighted by molar-refractivity contribution is 5.55. The van der Waals surface area contributed by atoms with Gasteiger partial charge in [0.15, 0.2) is 0 Å². The molecule has 2 rings (SSSR count). The highest BCUT2D eigenvalue weighted by atomic mass is 16.6. The molecule has 0 saturated carbocycles. The average molecular weight is 277 g/mol. The molecule has 1 aliphatic heterocycles. The van der Waals surface area contributed by atoms with E-state index in [0.29, 0.717) is 0 Å². The third-order valence-corrected chi connectivity index (χ3v) is 4.66. The first kappa shape index (κ1) is 14.8. The van der Waals surface area contributed by atoms with Crippen molar-refractivity contribution >= 4 is 11.4 Å². The summed E-state index contributed by atoms with van der Waals surface area (Å²) < 4.78 is 0. The van der Waals surface area contributed by atoms with E-state index in [-0.39, 0.29) is 16.1 Å². The number of anilines is 1. The lowest BCUT2D eigenvalue weighted by Gasteiger charge is -2.44. The molecule has 1 aromatic carbocycles. The predicted molar refractivity (Wildman–Crippen MR) is 81.4 cm³/mol. The number of rotatable bonds is 3. The average Bonchev–Trinajstić information content (AvgIpc) is 2.38. The van der Waals surface area contributed by atoms with Crippen LogP contribution in [0.4, 0.5) is 11.4 Å². The van der Waals surface area contributed by atoms with E-state index in [0.717, 1.165) is 37.2 Å². The van der Waals surface area contributed by atoms with Gasteiger partial charge < -0.3 is 9.80 Å². The van der Waals surface area contributed by atoms with Gasteiger partial charge in [-0.15, -0.1) is 0 Å². The molecule has 110 valence electrons. The van der Waals surface area contributed by atoms with Gasteiger partial charge >= 0.3 is 0 Å². The summed E-state index contributed by atoms with van der Waals surface area (Å²) in [5.74, 6) is 0. The molecule has 5 nitrogen and oxygen atoms in total. The van der Waals surface area contributed by atoms with Crippen LogP contribution in [-0.4, -0.2) is 42.5 Å². The number of nitro benzene ring substituents is 1. The van der Waals surface area contributed by atoms with E-state index in [1.165, 1.54) is 0 Å². The molecule has 0 unspecified atom stereocenters. The van der Waals surface area contributed by atoms with Gasteiger partial charge in [-0.1, -0.05) is 0 Å². The molecule has 1 heterocycles. The number of nitro groups is 1. The van der Waals surface area contributed by atoms with E-state index in [4.69, 9.17) is 0 Å². The Labute approximate surface area is 120 Å². The molecule has 0 atom stereocenters. The van der Waals surface area contributed by atoms with Crippen molar-refractivity contribution in [2.75, 3.05) is 32.1 Å². The minimum absolute atomic E-state index is 0.198. The largest absolute Gasteiger partial charge is 0.371 e. The molecule has 5 heteroatoms. The van der Waals surface area contributed by atoms with Gasteiger partial charge in [-0.05, 0) is 52.9 Å². The molecule has 0 aliphatic carbocycles. The molecule has 1 aromatic rings. The maximum atomic E-state index is 10.9. The molecule has 0 aromatic heterocycles. The number of hydrogen-bond donors (Lipinski definition) is 0. The summed E-state index contributed by atoms with van der Waals surface area (Å²) in [5.41, 5.74) is 2.28. The maximum Gasteiger partial charge on any atom is 0.272 e. The van der Waals surface area contributed by atoms with Crippen LogP contribution >= 0.6 is 0 Å². The Kier molecular flexibility index (Phi) is 3.99. The van der Waals surface area contributed by atoms with Crippen molar-refractivity contribution in [1.82, 2.24) is 4.90 Å². The van der Waals surface area contributed by atoms with Gasteiger partial charge in [0, 0.05) is 35.9 Å². The van der Waals surface area contributed by atoms with Gasteiger partial charge in [-0.3, -0.25) is 10.1 Å². The normalized spacial score (nSPS) is 18.4. The Morgan fingerprint density at radius 2 is 1.90 bits per heavy atom. The Hall–Kier alpha value is -1.62. The van der Waals surface area contributed by atoms with Crippen LogP contribution in [0.2, 0.25) is 0 Å². The molecule has 0 bridgehead atoms. The van der Waals surface area contributed by atoms with Crippen LogP contribution in [0, 0.1) is 17.0 Å². The molecule has 0 amide bonds. The fraction of sp³-hybridized carbons (Fsp3) is 0.600.